The molecule has 30 heavy (non-hydrogen) atoms. The molecule has 7 nitrogen and oxygen atoms in total. The van der Waals surface area contributed by atoms with E-state index in [1.54, 1.807) is 62.2 Å². The Bertz CT molecular complexity index is 1080. The molecule has 0 aliphatic carbocycles. The number of nitrogens with zero attached hydrogens (tertiary/aromatic N) is 4. The lowest BCUT2D eigenvalue weighted by atomic mass is 10.2. The van der Waals surface area contributed by atoms with Crippen molar-refractivity contribution in [3.8, 4) is 5.75 Å². The van der Waals surface area contributed by atoms with Gasteiger partial charge in [0.05, 0.1) is 18.5 Å². The fourth-order valence-electron chi connectivity index (χ4n) is 2.95. The highest BCUT2D eigenvalue weighted by atomic mass is 16.5. The van der Waals surface area contributed by atoms with E-state index in [1.165, 1.54) is 0 Å². The van der Waals surface area contributed by atoms with Gasteiger partial charge in [0.15, 0.2) is 0 Å². The second-order valence-corrected chi connectivity index (χ2v) is 6.32. The number of anilines is 4. The lowest BCUT2D eigenvalue weighted by Gasteiger charge is -2.23. The van der Waals surface area contributed by atoms with E-state index in [-0.39, 0.29) is 5.91 Å². The molecular weight excluding hydrogens is 378 g/mol. The van der Waals surface area contributed by atoms with Gasteiger partial charge in [0.1, 0.15) is 5.75 Å². The summed E-state index contributed by atoms with van der Waals surface area (Å²) in [7, 11) is 1.59. The van der Waals surface area contributed by atoms with Gasteiger partial charge in [0.2, 0.25) is 5.95 Å². The third-order valence-corrected chi connectivity index (χ3v) is 4.39. The van der Waals surface area contributed by atoms with Gasteiger partial charge in [-0.25, -0.2) is 9.97 Å². The molecule has 0 spiro atoms. The molecule has 0 saturated heterocycles. The monoisotopic (exact) mass is 397 g/mol. The minimum Gasteiger partial charge on any atom is -0.497 e. The number of benzene rings is 2. The first-order valence-electron chi connectivity index (χ1n) is 9.27. The van der Waals surface area contributed by atoms with Crippen LogP contribution in [-0.2, 0) is 0 Å². The number of carbonyl (C=O) groups excluding carboxylic acids is 1. The summed E-state index contributed by atoms with van der Waals surface area (Å²) in [5.41, 5.74) is 2.86. The van der Waals surface area contributed by atoms with Gasteiger partial charge in [-0.15, -0.1) is 0 Å². The first-order valence-corrected chi connectivity index (χ1v) is 9.27. The molecule has 2 aromatic heterocycles. The maximum Gasteiger partial charge on any atom is 0.255 e. The molecule has 4 aromatic rings. The SMILES string of the molecule is COc1ccc(C(=O)Nc2cccc(N(c3ccncc3)c3ncccn3)c2)cc1. The first kappa shape index (κ1) is 19.1. The fourth-order valence-corrected chi connectivity index (χ4v) is 2.95. The number of pyridine rings is 1. The van der Waals surface area contributed by atoms with E-state index in [2.05, 4.69) is 20.3 Å². The molecule has 1 N–H and O–H groups in total. The topological polar surface area (TPSA) is 80.2 Å². The van der Waals surface area contributed by atoms with Crippen LogP contribution in [0.1, 0.15) is 10.4 Å². The molecule has 0 fully saturated rings. The van der Waals surface area contributed by atoms with Crippen LogP contribution in [0.25, 0.3) is 0 Å². The van der Waals surface area contributed by atoms with Gasteiger partial charge in [0.25, 0.3) is 5.91 Å². The van der Waals surface area contributed by atoms with Gasteiger partial charge in [-0.3, -0.25) is 14.7 Å². The van der Waals surface area contributed by atoms with E-state index in [0.717, 1.165) is 11.4 Å². The van der Waals surface area contributed by atoms with Gasteiger partial charge >= 0.3 is 0 Å². The van der Waals surface area contributed by atoms with Crippen LogP contribution in [0.3, 0.4) is 0 Å². The smallest absolute Gasteiger partial charge is 0.255 e. The van der Waals surface area contributed by atoms with E-state index < -0.39 is 0 Å². The molecule has 0 bridgehead atoms. The molecule has 0 aliphatic rings. The Hall–Kier alpha value is -4.26. The van der Waals surface area contributed by atoms with Crippen molar-refractivity contribution >= 4 is 28.9 Å². The molecule has 4 rings (SSSR count). The Balaban J connectivity index is 1.64. The Kier molecular flexibility index (Phi) is 5.61. The molecule has 7 heteroatoms. The lowest BCUT2D eigenvalue weighted by molar-refractivity contribution is 0.102. The number of nitrogens with one attached hydrogen (secondary N) is 1. The second kappa shape index (κ2) is 8.83. The van der Waals surface area contributed by atoms with Crippen molar-refractivity contribution in [2.45, 2.75) is 0 Å². The van der Waals surface area contributed by atoms with Gasteiger partial charge in [-0.2, -0.15) is 0 Å². The van der Waals surface area contributed by atoms with Crippen LogP contribution in [0.15, 0.2) is 91.5 Å². The molecule has 2 aromatic carbocycles. The van der Waals surface area contributed by atoms with E-state index in [9.17, 15) is 4.79 Å². The van der Waals surface area contributed by atoms with E-state index in [1.807, 2.05) is 41.3 Å². The number of hydrogen-bond acceptors (Lipinski definition) is 6. The van der Waals surface area contributed by atoms with Crippen molar-refractivity contribution in [2.24, 2.45) is 0 Å². The fraction of sp³-hybridized carbons (Fsp3) is 0.0435. The van der Waals surface area contributed by atoms with Gasteiger partial charge in [0, 0.05) is 36.0 Å². The maximum atomic E-state index is 12.6. The molecule has 0 radical (unpaired) electrons. The number of carbonyl (C=O) groups is 1. The summed E-state index contributed by atoms with van der Waals surface area (Å²) in [4.78, 5) is 27.4. The average Bonchev–Trinajstić information content (AvgIpc) is 2.81. The van der Waals surface area contributed by atoms with Crippen LogP contribution in [0.5, 0.6) is 5.75 Å². The van der Waals surface area contributed by atoms with Crippen molar-refractivity contribution in [1.29, 1.82) is 0 Å². The molecule has 1 amide bonds. The zero-order chi connectivity index (χ0) is 20.8. The van der Waals surface area contributed by atoms with E-state index >= 15 is 0 Å². The summed E-state index contributed by atoms with van der Waals surface area (Å²) in [6.45, 7) is 0. The molecule has 148 valence electrons. The second-order valence-electron chi connectivity index (χ2n) is 6.32. The summed E-state index contributed by atoms with van der Waals surface area (Å²) < 4.78 is 5.14. The molecule has 2 heterocycles. The normalized spacial score (nSPS) is 10.3. The van der Waals surface area contributed by atoms with Crippen molar-refractivity contribution in [3.63, 3.8) is 0 Å². The van der Waals surface area contributed by atoms with Crippen LogP contribution < -0.4 is 15.0 Å². The average molecular weight is 397 g/mol. The van der Waals surface area contributed by atoms with Gasteiger partial charge in [-0.05, 0) is 60.7 Å². The van der Waals surface area contributed by atoms with Crippen LogP contribution in [0.4, 0.5) is 23.0 Å². The number of aromatic nitrogens is 3. The van der Waals surface area contributed by atoms with Crippen molar-refractivity contribution < 1.29 is 9.53 Å². The van der Waals surface area contributed by atoms with Gasteiger partial charge in [-0.1, -0.05) is 6.07 Å². The Labute approximate surface area is 174 Å². The standard InChI is InChI=1S/C23H19N5O2/c1-30-21-8-6-17(7-9-21)22(29)27-18-4-2-5-20(16-18)28(19-10-14-24-15-11-19)23-25-12-3-13-26-23/h2-16H,1H3,(H,27,29). The third-order valence-electron chi connectivity index (χ3n) is 4.39. The highest BCUT2D eigenvalue weighted by Crippen LogP contribution is 2.32. The molecule has 0 aliphatic heterocycles. The number of rotatable bonds is 6. The van der Waals surface area contributed by atoms with Crippen molar-refractivity contribution in [2.75, 3.05) is 17.3 Å². The number of ether oxygens (including phenoxy) is 1. The first-order chi connectivity index (χ1) is 14.7. The Morgan fingerprint density at radius 2 is 1.60 bits per heavy atom. The van der Waals surface area contributed by atoms with Crippen LogP contribution in [0.2, 0.25) is 0 Å². The Morgan fingerprint density at radius 1 is 0.867 bits per heavy atom. The number of amides is 1. The summed E-state index contributed by atoms with van der Waals surface area (Å²) in [6.07, 6.45) is 6.79. The van der Waals surface area contributed by atoms with Crippen LogP contribution in [-0.4, -0.2) is 28.0 Å². The number of methoxy groups -OCH3 is 1. The summed E-state index contributed by atoms with van der Waals surface area (Å²) in [5.74, 6) is 1.01. The predicted molar refractivity (Wildman–Crippen MR) is 115 cm³/mol. The zero-order valence-electron chi connectivity index (χ0n) is 16.3. The highest BCUT2D eigenvalue weighted by Gasteiger charge is 2.15. The van der Waals surface area contributed by atoms with Gasteiger partial charge < -0.3 is 10.1 Å². The Morgan fingerprint density at radius 3 is 2.30 bits per heavy atom. The minimum absolute atomic E-state index is 0.207. The largest absolute Gasteiger partial charge is 0.497 e. The third kappa shape index (κ3) is 4.25. The van der Waals surface area contributed by atoms with E-state index in [0.29, 0.717) is 22.9 Å². The van der Waals surface area contributed by atoms with Crippen LogP contribution in [0, 0.1) is 0 Å². The number of hydrogen-bond donors (Lipinski definition) is 1. The maximum absolute atomic E-state index is 12.6. The minimum atomic E-state index is -0.207. The summed E-state index contributed by atoms with van der Waals surface area (Å²) >= 11 is 0. The molecule has 0 atom stereocenters. The predicted octanol–water partition coefficient (Wildman–Crippen LogP) is 4.60. The van der Waals surface area contributed by atoms with Crippen molar-refractivity contribution in [3.05, 3.63) is 97.1 Å². The quantitative estimate of drug-likeness (QED) is 0.512. The van der Waals surface area contributed by atoms with E-state index in [4.69, 9.17) is 4.74 Å². The van der Waals surface area contributed by atoms with Crippen molar-refractivity contribution in [1.82, 2.24) is 15.0 Å². The molecule has 0 saturated carbocycles. The lowest BCUT2D eigenvalue weighted by Crippen LogP contribution is -2.15. The molecule has 0 unspecified atom stereocenters. The summed E-state index contributed by atoms with van der Waals surface area (Å²) in [5, 5.41) is 2.93. The van der Waals surface area contributed by atoms with Crippen LogP contribution >= 0.6 is 0 Å². The zero-order valence-corrected chi connectivity index (χ0v) is 16.3. The molecular formula is C23H19N5O2. The highest BCUT2D eigenvalue weighted by molar-refractivity contribution is 6.04. The summed E-state index contributed by atoms with van der Waals surface area (Å²) in [6, 6.07) is 20.0.